The Morgan fingerprint density at radius 2 is 2.00 bits per heavy atom. The van der Waals surface area contributed by atoms with Gasteiger partial charge in [0.05, 0.1) is 0 Å². The van der Waals surface area contributed by atoms with Crippen LogP contribution in [0.2, 0.25) is 0 Å². The third-order valence-corrected chi connectivity index (χ3v) is 1.17. The van der Waals surface area contributed by atoms with Gasteiger partial charge in [-0.25, -0.2) is 0 Å². The Bertz CT molecular complexity index is 181. The molecule has 0 rings (SSSR count). The topological polar surface area (TPSA) is 23.9 Å². The van der Waals surface area contributed by atoms with Crippen LogP contribution in [0, 0.1) is 5.41 Å². The first-order valence-corrected chi connectivity index (χ1v) is 3.19. The van der Waals surface area contributed by atoms with E-state index in [4.69, 9.17) is 5.41 Å². The van der Waals surface area contributed by atoms with Crippen LogP contribution in [0.5, 0.6) is 0 Å². The van der Waals surface area contributed by atoms with Crippen LogP contribution in [0.4, 0.5) is 0 Å². The van der Waals surface area contributed by atoms with Crippen molar-refractivity contribution in [3.05, 3.63) is 36.0 Å². The molecular formula is C9H13N. The fourth-order valence-electron chi connectivity index (χ4n) is 0.591. The second kappa shape index (κ2) is 4.74. The molecule has 1 N–H and O–H groups in total. The molecule has 0 amide bonds. The summed E-state index contributed by atoms with van der Waals surface area (Å²) in [6.45, 7) is 7.69. The molecule has 0 heterocycles. The first kappa shape index (κ1) is 8.89. The number of nitrogens with one attached hydrogen (secondary N) is 1. The van der Waals surface area contributed by atoms with E-state index in [1.54, 1.807) is 12.2 Å². The van der Waals surface area contributed by atoms with E-state index >= 15 is 0 Å². The largest absolute Gasteiger partial charge is 0.309 e. The van der Waals surface area contributed by atoms with E-state index in [0.29, 0.717) is 0 Å². The van der Waals surface area contributed by atoms with Crippen LogP contribution in [0.3, 0.4) is 0 Å². The van der Waals surface area contributed by atoms with Crippen LogP contribution in [0.25, 0.3) is 0 Å². The summed E-state index contributed by atoms with van der Waals surface area (Å²) < 4.78 is 0. The minimum atomic E-state index is 1.09. The van der Waals surface area contributed by atoms with Gasteiger partial charge in [-0.15, -0.1) is 0 Å². The molecule has 10 heavy (non-hydrogen) atoms. The van der Waals surface area contributed by atoms with Crippen molar-refractivity contribution >= 4 is 6.21 Å². The molecule has 0 unspecified atom stereocenters. The summed E-state index contributed by atoms with van der Waals surface area (Å²) in [4.78, 5) is 0. The molecule has 1 heteroatoms. The SMILES string of the molecule is C=CC(/C=C\C=N)=C(C)C. The third-order valence-electron chi connectivity index (χ3n) is 1.17. The summed E-state index contributed by atoms with van der Waals surface area (Å²) in [5, 5.41) is 6.74. The lowest BCUT2D eigenvalue weighted by atomic mass is 10.1. The number of rotatable bonds is 3. The van der Waals surface area contributed by atoms with Crippen LogP contribution < -0.4 is 0 Å². The highest BCUT2D eigenvalue weighted by Gasteiger charge is 1.84. The van der Waals surface area contributed by atoms with Crippen LogP contribution in [-0.2, 0) is 0 Å². The van der Waals surface area contributed by atoms with Gasteiger partial charge in [-0.1, -0.05) is 24.3 Å². The fraction of sp³-hybridized carbons (Fsp3) is 0.222. The molecule has 0 aliphatic carbocycles. The van der Waals surface area contributed by atoms with E-state index in [-0.39, 0.29) is 0 Å². The molecule has 0 aromatic heterocycles. The van der Waals surface area contributed by atoms with Gasteiger partial charge < -0.3 is 5.41 Å². The molecule has 0 aliphatic rings. The van der Waals surface area contributed by atoms with Gasteiger partial charge in [-0.05, 0) is 25.5 Å². The first-order chi connectivity index (χ1) is 4.72. The zero-order valence-electron chi connectivity index (χ0n) is 6.52. The predicted octanol–water partition coefficient (Wildman–Crippen LogP) is 2.71. The molecule has 0 radical (unpaired) electrons. The molecule has 0 aromatic carbocycles. The van der Waals surface area contributed by atoms with Crippen LogP contribution in [0.15, 0.2) is 36.0 Å². The van der Waals surface area contributed by atoms with Crippen molar-refractivity contribution in [2.24, 2.45) is 0 Å². The van der Waals surface area contributed by atoms with Crippen molar-refractivity contribution in [2.75, 3.05) is 0 Å². The average Bonchev–Trinajstić information content (AvgIpc) is 1.89. The molecule has 0 atom stereocenters. The normalized spacial score (nSPS) is 9.40. The lowest BCUT2D eigenvalue weighted by Crippen LogP contribution is -1.75. The Kier molecular flexibility index (Phi) is 4.21. The van der Waals surface area contributed by atoms with Gasteiger partial charge in [0.15, 0.2) is 0 Å². The maximum atomic E-state index is 6.74. The maximum absolute atomic E-state index is 6.74. The molecule has 0 fully saturated rings. The van der Waals surface area contributed by atoms with E-state index in [0.717, 1.165) is 5.57 Å². The fourth-order valence-corrected chi connectivity index (χ4v) is 0.591. The standard InChI is InChI=1S/C9H13N/c1-4-9(8(2)3)6-5-7-10/h4-7,10H,1H2,2-3H3/b6-5-,10-7?. The second-order valence-corrected chi connectivity index (χ2v) is 2.19. The van der Waals surface area contributed by atoms with Crippen LogP contribution >= 0.6 is 0 Å². The van der Waals surface area contributed by atoms with Gasteiger partial charge in [0.1, 0.15) is 0 Å². The quantitative estimate of drug-likeness (QED) is 0.454. The second-order valence-electron chi connectivity index (χ2n) is 2.19. The van der Waals surface area contributed by atoms with Crippen molar-refractivity contribution in [1.29, 1.82) is 5.41 Å². The molecule has 0 saturated heterocycles. The third kappa shape index (κ3) is 3.02. The van der Waals surface area contributed by atoms with Crippen molar-refractivity contribution in [3.8, 4) is 0 Å². The van der Waals surface area contributed by atoms with E-state index in [9.17, 15) is 0 Å². The smallest absolute Gasteiger partial charge is 0.0177 e. The summed E-state index contributed by atoms with van der Waals surface area (Å²) in [5.41, 5.74) is 2.30. The highest BCUT2D eigenvalue weighted by atomic mass is 14.3. The molecule has 54 valence electrons. The van der Waals surface area contributed by atoms with Crippen LogP contribution in [-0.4, -0.2) is 6.21 Å². The van der Waals surface area contributed by atoms with Gasteiger partial charge in [-0.3, -0.25) is 0 Å². The molecule has 1 nitrogen and oxygen atoms in total. The van der Waals surface area contributed by atoms with Gasteiger partial charge >= 0.3 is 0 Å². The Hall–Kier alpha value is -1.11. The predicted molar refractivity (Wildman–Crippen MR) is 46.5 cm³/mol. The molecule has 0 bridgehead atoms. The van der Waals surface area contributed by atoms with Crippen molar-refractivity contribution in [3.63, 3.8) is 0 Å². The monoisotopic (exact) mass is 135 g/mol. The molecule has 0 saturated carbocycles. The zero-order chi connectivity index (χ0) is 7.98. The average molecular weight is 135 g/mol. The number of hydrogen-bond acceptors (Lipinski definition) is 1. The summed E-state index contributed by atoms with van der Waals surface area (Å²) in [5.74, 6) is 0. The Labute approximate surface area is 62.3 Å². The molecule has 0 aromatic rings. The minimum Gasteiger partial charge on any atom is -0.309 e. The minimum absolute atomic E-state index is 1.09. The van der Waals surface area contributed by atoms with E-state index < -0.39 is 0 Å². The summed E-state index contributed by atoms with van der Waals surface area (Å²) in [7, 11) is 0. The Morgan fingerprint density at radius 1 is 1.40 bits per heavy atom. The van der Waals surface area contributed by atoms with Gasteiger partial charge in [0.25, 0.3) is 0 Å². The lowest BCUT2D eigenvalue weighted by Gasteiger charge is -1.94. The Morgan fingerprint density at radius 3 is 2.30 bits per heavy atom. The summed E-state index contributed by atoms with van der Waals surface area (Å²) in [6.07, 6.45) is 6.60. The van der Waals surface area contributed by atoms with E-state index in [2.05, 4.69) is 6.58 Å². The summed E-state index contributed by atoms with van der Waals surface area (Å²) >= 11 is 0. The summed E-state index contributed by atoms with van der Waals surface area (Å²) in [6, 6.07) is 0. The molecule has 0 spiro atoms. The molecular weight excluding hydrogens is 122 g/mol. The van der Waals surface area contributed by atoms with Crippen molar-refractivity contribution < 1.29 is 0 Å². The number of hydrogen-bond donors (Lipinski definition) is 1. The van der Waals surface area contributed by atoms with Crippen LogP contribution in [0.1, 0.15) is 13.8 Å². The maximum Gasteiger partial charge on any atom is 0.0177 e. The van der Waals surface area contributed by atoms with Gasteiger partial charge in [0.2, 0.25) is 0 Å². The lowest BCUT2D eigenvalue weighted by molar-refractivity contribution is 1.34. The van der Waals surface area contributed by atoms with E-state index in [1.165, 1.54) is 11.8 Å². The van der Waals surface area contributed by atoms with Crippen molar-refractivity contribution in [1.82, 2.24) is 0 Å². The van der Waals surface area contributed by atoms with Crippen molar-refractivity contribution in [2.45, 2.75) is 13.8 Å². The highest BCUT2D eigenvalue weighted by molar-refractivity contribution is 5.69. The van der Waals surface area contributed by atoms with Gasteiger partial charge in [-0.2, -0.15) is 0 Å². The van der Waals surface area contributed by atoms with E-state index in [1.807, 2.05) is 19.9 Å². The number of allylic oxidation sites excluding steroid dienone is 5. The van der Waals surface area contributed by atoms with Gasteiger partial charge in [0, 0.05) is 6.21 Å². The Balaban J connectivity index is 4.38. The molecule has 0 aliphatic heterocycles. The zero-order valence-corrected chi connectivity index (χ0v) is 6.52. The first-order valence-electron chi connectivity index (χ1n) is 3.19. The highest BCUT2D eigenvalue weighted by Crippen LogP contribution is 2.04.